The van der Waals surface area contributed by atoms with Crippen LogP contribution in [0.25, 0.3) is 0 Å². The Morgan fingerprint density at radius 3 is 2.57 bits per heavy atom. The van der Waals surface area contributed by atoms with Gasteiger partial charge in [0.1, 0.15) is 18.3 Å². The van der Waals surface area contributed by atoms with Gasteiger partial charge in [-0.15, -0.1) is 0 Å². The van der Waals surface area contributed by atoms with Crippen LogP contribution in [0.2, 0.25) is 0 Å². The summed E-state index contributed by atoms with van der Waals surface area (Å²) in [5.74, 6) is 0. The zero-order chi connectivity index (χ0) is 15.8. The zero-order valence-corrected chi connectivity index (χ0v) is 11.3. The number of nitrogens with one attached hydrogen (secondary N) is 1. The Morgan fingerprint density at radius 1 is 1.33 bits per heavy atom. The van der Waals surface area contributed by atoms with Crippen molar-refractivity contribution < 1.29 is 33.8 Å². The fourth-order valence-corrected chi connectivity index (χ4v) is 2.24. The average molecular weight is 324 g/mol. The molecule has 21 heavy (non-hydrogen) atoms. The fraction of sp³-hybridized carbons (Fsp3) is 0.556. The van der Waals surface area contributed by atoms with Crippen molar-refractivity contribution >= 4 is 7.82 Å². The van der Waals surface area contributed by atoms with E-state index in [9.17, 15) is 24.4 Å². The molecule has 0 radical (unpaired) electrons. The maximum absolute atomic E-state index is 11.6. The van der Waals surface area contributed by atoms with Crippen LogP contribution < -0.4 is 11.2 Å². The van der Waals surface area contributed by atoms with Gasteiger partial charge in [0.15, 0.2) is 6.23 Å². The molecule has 1 aromatic heterocycles. The summed E-state index contributed by atoms with van der Waals surface area (Å²) in [6, 6.07) is 1.02. The lowest BCUT2D eigenvalue weighted by Gasteiger charge is -2.16. The molecule has 0 saturated carbocycles. The van der Waals surface area contributed by atoms with Crippen LogP contribution in [0.5, 0.6) is 0 Å². The van der Waals surface area contributed by atoms with Crippen molar-refractivity contribution in [3.63, 3.8) is 0 Å². The second-order valence-electron chi connectivity index (χ2n) is 4.35. The van der Waals surface area contributed by atoms with Gasteiger partial charge in [-0.3, -0.25) is 18.9 Å². The molecule has 12 heteroatoms. The summed E-state index contributed by atoms with van der Waals surface area (Å²) in [4.78, 5) is 41.6. The van der Waals surface area contributed by atoms with Crippen LogP contribution in [0.3, 0.4) is 0 Å². The van der Waals surface area contributed by atoms with Crippen LogP contribution in [0.15, 0.2) is 21.9 Å². The van der Waals surface area contributed by atoms with E-state index in [1.807, 2.05) is 4.98 Å². The Hall–Kier alpha value is -1.33. The number of hydrogen-bond acceptors (Lipinski definition) is 7. The van der Waals surface area contributed by atoms with Crippen LogP contribution in [-0.4, -0.2) is 54.5 Å². The third-order valence-corrected chi connectivity index (χ3v) is 3.35. The molecule has 1 aliphatic rings. The molecule has 11 nitrogen and oxygen atoms in total. The third kappa shape index (κ3) is 3.66. The first-order valence-corrected chi connectivity index (χ1v) is 7.25. The van der Waals surface area contributed by atoms with Gasteiger partial charge in [-0.05, 0) is 0 Å². The van der Waals surface area contributed by atoms with Crippen LogP contribution in [-0.2, 0) is 13.8 Å². The molecule has 0 aromatic carbocycles. The van der Waals surface area contributed by atoms with Crippen molar-refractivity contribution in [3.05, 3.63) is 33.1 Å². The van der Waals surface area contributed by atoms with Gasteiger partial charge in [-0.2, -0.15) is 0 Å². The highest BCUT2D eigenvalue weighted by atomic mass is 31.2. The highest BCUT2D eigenvalue weighted by Gasteiger charge is 2.44. The third-order valence-electron chi connectivity index (χ3n) is 2.87. The largest absolute Gasteiger partial charge is 0.469 e. The average Bonchev–Trinajstić information content (AvgIpc) is 2.64. The number of ether oxygens (including phenoxy) is 1. The standard InChI is InChI=1S/C9H13N2O9P/c12-5-1-2-11(9(15)10-5)8-7(14)6(13)4(20-8)3-19-21(16,17)18/h1-2,4,6-8,13-14H,3H2,(H,10,12,15)(H2,16,17,18)/t4-,6?,7?,8-/m1/s1. The minimum atomic E-state index is -4.76. The molecule has 2 rings (SSSR count). The van der Waals surface area contributed by atoms with Crippen LogP contribution in [0.4, 0.5) is 0 Å². The maximum Gasteiger partial charge on any atom is 0.469 e. The molecule has 0 spiro atoms. The van der Waals surface area contributed by atoms with Gasteiger partial charge < -0.3 is 24.7 Å². The Balaban J connectivity index is 2.18. The summed E-state index contributed by atoms with van der Waals surface area (Å²) in [5.41, 5.74) is -1.51. The molecule has 5 N–H and O–H groups in total. The minimum absolute atomic E-state index is 0.648. The van der Waals surface area contributed by atoms with E-state index < -0.39 is 50.2 Å². The zero-order valence-electron chi connectivity index (χ0n) is 10.4. The van der Waals surface area contributed by atoms with Crippen molar-refractivity contribution in [1.82, 2.24) is 9.55 Å². The summed E-state index contributed by atoms with van der Waals surface area (Å²) in [6.45, 7) is -0.683. The lowest BCUT2D eigenvalue weighted by molar-refractivity contribution is -0.0543. The predicted octanol–water partition coefficient (Wildman–Crippen LogP) is -2.73. The van der Waals surface area contributed by atoms with Crippen molar-refractivity contribution in [3.8, 4) is 0 Å². The topological polar surface area (TPSA) is 171 Å². The van der Waals surface area contributed by atoms with Crippen molar-refractivity contribution in [2.24, 2.45) is 0 Å². The molecule has 1 aliphatic heterocycles. The molecule has 118 valence electrons. The molecule has 1 aromatic rings. The molecule has 2 heterocycles. The minimum Gasteiger partial charge on any atom is -0.387 e. The van der Waals surface area contributed by atoms with E-state index in [2.05, 4.69) is 4.52 Å². The Morgan fingerprint density at radius 2 is 2.00 bits per heavy atom. The number of phosphoric ester groups is 1. The molecule has 1 fully saturated rings. The van der Waals surface area contributed by atoms with Gasteiger partial charge in [-0.1, -0.05) is 0 Å². The van der Waals surface area contributed by atoms with Crippen LogP contribution in [0.1, 0.15) is 6.23 Å². The second kappa shape index (κ2) is 5.81. The highest BCUT2D eigenvalue weighted by molar-refractivity contribution is 7.46. The number of aromatic nitrogens is 2. The predicted molar refractivity (Wildman–Crippen MR) is 65.2 cm³/mol. The maximum atomic E-state index is 11.6. The SMILES string of the molecule is O=c1ccn([C@@H]2O[C@H](COP(=O)(O)O)C(O)C2O)c(=O)[nH]1. The van der Waals surface area contributed by atoms with Crippen molar-refractivity contribution in [2.75, 3.05) is 6.61 Å². The number of nitrogens with zero attached hydrogens (tertiary/aromatic N) is 1. The van der Waals surface area contributed by atoms with Gasteiger partial charge in [0.25, 0.3) is 5.56 Å². The fourth-order valence-electron chi connectivity index (χ4n) is 1.89. The van der Waals surface area contributed by atoms with E-state index in [1.54, 1.807) is 0 Å². The molecule has 2 unspecified atom stereocenters. The van der Waals surface area contributed by atoms with Gasteiger partial charge in [0.2, 0.25) is 0 Å². The number of aliphatic hydroxyl groups is 2. The summed E-state index contributed by atoms with van der Waals surface area (Å²) in [5, 5.41) is 19.6. The van der Waals surface area contributed by atoms with Gasteiger partial charge in [0.05, 0.1) is 6.61 Å². The Bertz CT molecular complexity index is 664. The monoisotopic (exact) mass is 324 g/mol. The number of aromatic amines is 1. The van der Waals surface area contributed by atoms with Gasteiger partial charge >= 0.3 is 13.5 Å². The molecule has 0 bridgehead atoms. The molecular formula is C9H13N2O9P. The van der Waals surface area contributed by atoms with Crippen LogP contribution in [0, 0.1) is 0 Å². The van der Waals surface area contributed by atoms with E-state index in [4.69, 9.17) is 14.5 Å². The second-order valence-corrected chi connectivity index (χ2v) is 5.59. The summed E-state index contributed by atoms with van der Waals surface area (Å²) in [6.07, 6.45) is -4.58. The number of H-pyrrole nitrogens is 1. The van der Waals surface area contributed by atoms with E-state index in [0.29, 0.717) is 0 Å². The van der Waals surface area contributed by atoms with E-state index in [0.717, 1.165) is 16.8 Å². The first kappa shape index (κ1) is 16.0. The van der Waals surface area contributed by atoms with Gasteiger partial charge in [0, 0.05) is 12.3 Å². The van der Waals surface area contributed by atoms with E-state index in [-0.39, 0.29) is 0 Å². The van der Waals surface area contributed by atoms with Crippen molar-refractivity contribution in [2.45, 2.75) is 24.5 Å². The van der Waals surface area contributed by atoms with Crippen LogP contribution >= 0.6 is 7.82 Å². The number of rotatable bonds is 4. The summed E-state index contributed by atoms with van der Waals surface area (Å²) in [7, 11) is -4.76. The first-order valence-electron chi connectivity index (χ1n) is 5.72. The molecule has 1 saturated heterocycles. The number of aliphatic hydroxyl groups excluding tert-OH is 2. The number of hydrogen-bond donors (Lipinski definition) is 5. The highest BCUT2D eigenvalue weighted by Crippen LogP contribution is 2.38. The smallest absolute Gasteiger partial charge is 0.387 e. The summed E-state index contributed by atoms with van der Waals surface area (Å²) >= 11 is 0. The molecular weight excluding hydrogens is 311 g/mol. The quantitative estimate of drug-likeness (QED) is 0.368. The number of phosphoric acid groups is 1. The lowest BCUT2D eigenvalue weighted by Crippen LogP contribution is -2.37. The Kier molecular flexibility index (Phi) is 4.44. The Labute approximate surface area is 116 Å². The molecule has 0 aliphatic carbocycles. The van der Waals surface area contributed by atoms with Crippen molar-refractivity contribution in [1.29, 1.82) is 0 Å². The van der Waals surface area contributed by atoms with E-state index >= 15 is 0 Å². The molecule has 0 amide bonds. The van der Waals surface area contributed by atoms with E-state index in [1.165, 1.54) is 0 Å². The normalized spacial score (nSPS) is 29.7. The molecule has 4 atom stereocenters. The summed E-state index contributed by atoms with van der Waals surface area (Å²) < 4.78 is 20.8. The first-order chi connectivity index (χ1) is 9.69. The lowest BCUT2D eigenvalue weighted by atomic mass is 10.1. The van der Waals surface area contributed by atoms with Gasteiger partial charge in [-0.25, -0.2) is 9.36 Å².